The Kier molecular flexibility index (Phi) is 6.97. The fourth-order valence-electron chi connectivity index (χ4n) is 1.79. The maximum atomic E-state index is 12.8. The fraction of sp³-hybridized carbons (Fsp3) is 0.0714. The van der Waals surface area contributed by atoms with E-state index in [1.54, 1.807) is 24.3 Å². The smallest absolute Gasteiger partial charge is 0.492 e. The van der Waals surface area contributed by atoms with Gasteiger partial charge in [-0.25, -0.2) is 0 Å². The molecule has 0 aliphatic rings. The number of nitriles is 1. The molecule has 2 rings (SSSR count). The number of rotatable bonds is 4. The minimum absolute atomic E-state index is 0. The molecule has 0 aliphatic carbocycles. The van der Waals surface area contributed by atoms with Crippen molar-refractivity contribution in [2.24, 2.45) is 0 Å². The largest absolute Gasteiger partial charge is 1.00 e. The standard InChI is InChI=1S/C14H10BF3NO.K/c16-15(17,18)13-7-3-4-8-14(13)20-10-12-6-2-1-5-11(12)9-19;/h1-8H,10H2;/q-1;+1. The Morgan fingerprint density at radius 1 is 1.00 bits per heavy atom. The first-order valence-electron chi connectivity index (χ1n) is 5.92. The summed E-state index contributed by atoms with van der Waals surface area (Å²) in [4.78, 5) is 0. The molecule has 0 aromatic heterocycles. The average molecular weight is 315 g/mol. The van der Waals surface area contributed by atoms with E-state index in [4.69, 9.17) is 10.00 Å². The molecule has 2 nitrogen and oxygen atoms in total. The molecule has 0 unspecified atom stereocenters. The molecule has 2 aromatic carbocycles. The van der Waals surface area contributed by atoms with Gasteiger partial charge < -0.3 is 17.7 Å². The van der Waals surface area contributed by atoms with Crippen molar-refractivity contribution >= 4 is 12.4 Å². The molecular formula is C14H10BF3KNO. The van der Waals surface area contributed by atoms with Crippen molar-refractivity contribution in [2.75, 3.05) is 0 Å². The van der Waals surface area contributed by atoms with E-state index in [0.29, 0.717) is 11.1 Å². The van der Waals surface area contributed by atoms with E-state index in [2.05, 4.69) is 0 Å². The van der Waals surface area contributed by atoms with Crippen LogP contribution in [0.15, 0.2) is 48.5 Å². The molecule has 0 saturated heterocycles. The molecule has 102 valence electrons. The Hall–Kier alpha value is -0.779. The molecule has 0 bridgehead atoms. The average Bonchev–Trinajstić information content (AvgIpc) is 2.44. The Morgan fingerprint density at radius 3 is 2.29 bits per heavy atom. The van der Waals surface area contributed by atoms with Gasteiger partial charge in [0, 0.05) is 5.56 Å². The maximum absolute atomic E-state index is 12.8. The number of nitrogens with zero attached hydrogens (tertiary/aromatic N) is 1. The van der Waals surface area contributed by atoms with Gasteiger partial charge in [-0.15, -0.1) is 0 Å². The normalized spacial score (nSPS) is 10.4. The third-order valence-electron chi connectivity index (χ3n) is 2.79. The van der Waals surface area contributed by atoms with Crippen molar-refractivity contribution in [3.05, 3.63) is 59.7 Å². The Balaban J connectivity index is 0.00000220. The van der Waals surface area contributed by atoms with Crippen molar-refractivity contribution in [1.29, 1.82) is 5.26 Å². The van der Waals surface area contributed by atoms with Crippen LogP contribution in [0.25, 0.3) is 0 Å². The number of hydrogen-bond donors (Lipinski definition) is 0. The van der Waals surface area contributed by atoms with Crippen LogP contribution in [0.4, 0.5) is 12.9 Å². The zero-order chi connectivity index (χ0) is 14.6. The molecule has 0 spiro atoms. The second-order valence-corrected chi connectivity index (χ2v) is 4.17. The predicted octanol–water partition coefficient (Wildman–Crippen LogP) is 0.196. The summed E-state index contributed by atoms with van der Waals surface area (Å²) < 4.78 is 43.8. The summed E-state index contributed by atoms with van der Waals surface area (Å²) in [5.41, 5.74) is 0.184. The van der Waals surface area contributed by atoms with Gasteiger partial charge >= 0.3 is 58.4 Å². The molecule has 0 aliphatic heterocycles. The summed E-state index contributed by atoms with van der Waals surface area (Å²) in [5, 5.41) is 8.92. The van der Waals surface area contributed by atoms with E-state index in [1.807, 2.05) is 6.07 Å². The summed E-state index contributed by atoms with van der Waals surface area (Å²) >= 11 is 0. The maximum Gasteiger partial charge on any atom is 1.00 e. The second kappa shape index (κ2) is 8.01. The van der Waals surface area contributed by atoms with Crippen molar-refractivity contribution in [1.82, 2.24) is 0 Å². The van der Waals surface area contributed by atoms with Crippen LogP contribution in [0.3, 0.4) is 0 Å². The topological polar surface area (TPSA) is 33.0 Å². The third kappa shape index (κ3) is 4.87. The van der Waals surface area contributed by atoms with Crippen molar-refractivity contribution in [3.63, 3.8) is 0 Å². The molecule has 0 atom stereocenters. The summed E-state index contributed by atoms with van der Waals surface area (Å²) in [6.45, 7) is -5.20. The van der Waals surface area contributed by atoms with Gasteiger partial charge in [-0.2, -0.15) is 5.26 Å². The molecule has 2 aromatic rings. The van der Waals surface area contributed by atoms with E-state index < -0.39 is 12.4 Å². The number of benzene rings is 2. The van der Waals surface area contributed by atoms with Gasteiger partial charge in [-0.1, -0.05) is 41.9 Å². The van der Waals surface area contributed by atoms with Gasteiger partial charge in [0.15, 0.2) is 0 Å². The first-order valence-corrected chi connectivity index (χ1v) is 5.92. The predicted molar refractivity (Wildman–Crippen MR) is 70.6 cm³/mol. The van der Waals surface area contributed by atoms with Crippen LogP contribution in [0, 0.1) is 11.3 Å². The summed E-state index contributed by atoms with van der Waals surface area (Å²) in [6, 6.07) is 13.7. The molecule has 0 heterocycles. The zero-order valence-electron chi connectivity index (χ0n) is 11.4. The van der Waals surface area contributed by atoms with E-state index in [1.165, 1.54) is 18.2 Å². The van der Waals surface area contributed by atoms with Crippen LogP contribution in [0.2, 0.25) is 0 Å². The molecule has 21 heavy (non-hydrogen) atoms. The Morgan fingerprint density at radius 2 is 1.62 bits per heavy atom. The first-order chi connectivity index (χ1) is 9.52. The fourth-order valence-corrected chi connectivity index (χ4v) is 1.79. The van der Waals surface area contributed by atoms with Crippen LogP contribution in [0.5, 0.6) is 5.75 Å². The van der Waals surface area contributed by atoms with Crippen LogP contribution >= 0.6 is 0 Å². The molecule has 0 N–H and O–H groups in total. The SMILES string of the molecule is N#Cc1ccccc1COc1ccccc1[B-](F)(F)F.[K+]. The van der Waals surface area contributed by atoms with E-state index in [-0.39, 0.29) is 63.7 Å². The molecule has 0 fully saturated rings. The quantitative estimate of drug-likeness (QED) is 0.755. The van der Waals surface area contributed by atoms with Gasteiger partial charge in [0.05, 0.1) is 17.4 Å². The number of halogens is 3. The second-order valence-electron chi connectivity index (χ2n) is 4.17. The molecule has 7 heteroatoms. The van der Waals surface area contributed by atoms with E-state index in [0.717, 1.165) is 6.07 Å². The Bertz CT molecular complexity index is 655. The summed E-state index contributed by atoms with van der Waals surface area (Å²) in [6.07, 6.45) is 0. The molecule has 0 radical (unpaired) electrons. The molecule has 0 amide bonds. The van der Waals surface area contributed by atoms with Crippen molar-refractivity contribution in [2.45, 2.75) is 6.61 Å². The van der Waals surface area contributed by atoms with Gasteiger partial charge in [0.1, 0.15) is 6.61 Å². The van der Waals surface area contributed by atoms with Crippen LogP contribution in [-0.2, 0) is 6.61 Å². The molecule has 0 saturated carbocycles. The van der Waals surface area contributed by atoms with Gasteiger partial charge in [0.2, 0.25) is 0 Å². The number of para-hydroxylation sites is 1. The van der Waals surface area contributed by atoms with E-state index in [9.17, 15) is 12.9 Å². The first kappa shape index (κ1) is 18.3. The zero-order valence-corrected chi connectivity index (χ0v) is 14.5. The van der Waals surface area contributed by atoms with Crippen LogP contribution in [0.1, 0.15) is 11.1 Å². The van der Waals surface area contributed by atoms with Crippen molar-refractivity contribution < 1.29 is 69.1 Å². The van der Waals surface area contributed by atoms with Gasteiger partial charge in [-0.3, -0.25) is 0 Å². The summed E-state index contributed by atoms with van der Waals surface area (Å²) in [7, 11) is 0. The minimum atomic E-state index is -5.12. The van der Waals surface area contributed by atoms with Crippen LogP contribution in [-0.4, -0.2) is 6.98 Å². The monoisotopic (exact) mass is 315 g/mol. The minimum Gasteiger partial charge on any atom is -0.492 e. The summed E-state index contributed by atoms with van der Waals surface area (Å²) in [5.74, 6) is -0.215. The van der Waals surface area contributed by atoms with Crippen LogP contribution < -0.4 is 61.6 Å². The van der Waals surface area contributed by atoms with Gasteiger partial charge in [0.25, 0.3) is 0 Å². The van der Waals surface area contributed by atoms with Crippen molar-refractivity contribution in [3.8, 4) is 11.8 Å². The van der Waals surface area contributed by atoms with E-state index >= 15 is 0 Å². The van der Waals surface area contributed by atoms with Gasteiger partial charge in [-0.05, 0) is 12.1 Å². The Labute approximate surface area is 163 Å². The number of ether oxygens (including phenoxy) is 1. The molecular weight excluding hydrogens is 305 g/mol. The third-order valence-corrected chi connectivity index (χ3v) is 2.79. The number of hydrogen-bond acceptors (Lipinski definition) is 2.